The van der Waals surface area contributed by atoms with Crippen LogP contribution in [0.3, 0.4) is 0 Å². The molecule has 1 fully saturated rings. The number of alkyl halides is 1. The van der Waals surface area contributed by atoms with Gasteiger partial charge in [-0.3, -0.25) is 0 Å². The van der Waals surface area contributed by atoms with Crippen LogP contribution >= 0.6 is 11.6 Å². The van der Waals surface area contributed by atoms with Crippen LogP contribution in [0.15, 0.2) is 18.2 Å². The van der Waals surface area contributed by atoms with E-state index in [2.05, 4.69) is 16.8 Å². The zero-order chi connectivity index (χ0) is 12.3. The molecule has 2 nitrogen and oxygen atoms in total. The highest BCUT2D eigenvalue weighted by molar-refractivity contribution is 6.17. The van der Waals surface area contributed by atoms with Gasteiger partial charge in [0.1, 0.15) is 5.82 Å². The molecule has 0 aliphatic carbocycles. The fraction of sp³-hybridized carbons (Fsp3) is 0.538. The summed E-state index contributed by atoms with van der Waals surface area (Å²) in [6.45, 7) is 4.15. The molecule has 0 bridgehead atoms. The van der Waals surface area contributed by atoms with Gasteiger partial charge in [0.25, 0.3) is 0 Å². The van der Waals surface area contributed by atoms with Gasteiger partial charge in [0.2, 0.25) is 0 Å². The number of nitrogens with zero attached hydrogens (tertiary/aromatic N) is 2. The van der Waals surface area contributed by atoms with Crippen LogP contribution in [0, 0.1) is 5.82 Å². The standard InChI is InChI=1S/C13H18ClFN2/c1-16-5-2-6-17(8-7-16)13-4-3-12(15)9-11(13)10-14/h3-4,9H,2,5-8,10H2,1H3. The zero-order valence-electron chi connectivity index (χ0n) is 10.1. The van der Waals surface area contributed by atoms with Crippen LogP contribution < -0.4 is 4.90 Å². The van der Waals surface area contributed by atoms with Gasteiger partial charge >= 0.3 is 0 Å². The van der Waals surface area contributed by atoms with Crippen molar-refractivity contribution in [2.45, 2.75) is 12.3 Å². The maximum absolute atomic E-state index is 13.2. The number of anilines is 1. The lowest BCUT2D eigenvalue weighted by Gasteiger charge is -2.25. The van der Waals surface area contributed by atoms with Gasteiger partial charge in [-0.05, 0) is 43.8 Å². The number of halogens is 2. The lowest BCUT2D eigenvalue weighted by Crippen LogP contribution is -2.29. The molecule has 0 unspecified atom stereocenters. The molecule has 1 aliphatic heterocycles. The second-order valence-electron chi connectivity index (χ2n) is 4.55. The van der Waals surface area contributed by atoms with Gasteiger partial charge in [-0.1, -0.05) is 0 Å². The van der Waals surface area contributed by atoms with E-state index < -0.39 is 0 Å². The minimum atomic E-state index is -0.212. The van der Waals surface area contributed by atoms with Crippen molar-refractivity contribution in [3.8, 4) is 0 Å². The first-order valence-electron chi connectivity index (χ1n) is 5.98. The summed E-state index contributed by atoms with van der Waals surface area (Å²) in [4.78, 5) is 4.63. The Labute approximate surface area is 107 Å². The first-order chi connectivity index (χ1) is 8.20. The Morgan fingerprint density at radius 3 is 2.82 bits per heavy atom. The molecule has 4 heteroatoms. The Morgan fingerprint density at radius 2 is 2.06 bits per heavy atom. The van der Waals surface area contributed by atoms with Gasteiger partial charge < -0.3 is 9.80 Å². The number of benzene rings is 1. The maximum Gasteiger partial charge on any atom is 0.123 e. The van der Waals surface area contributed by atoms with Gasteiger partial charge in [-0.15, -0.1) is 11.6 Å². The first-order valence-corrected chi connectivity index (χ1v) is 6.52. The van der Waals surface area contributed by atoms with Crippen molar-refractivity contribution in [3.05, 3.63) is 29.6 Å². The number of hydrogen-bond donors (Lipinski definition) is 0. The van der Waals surface area contributed by atoms with E-state index in [1.165, 1.54) is 12.1 Å². The van der Waals surface area contributed by atoms with Crippen LogP contribution in [0.5, 0.6) is 0 Å². The summed E-state index contributed by atoms with van der Waals surface area (Å²) in [6, 6.07) is 4.90. The van der Waals surface area contributed by atoms with Crippen molar-refractivity contribution in [1.29, 1.82) is 0 Å². The van der Waals surface area contributed by atoms with E-state index in [0.29, 0.717) is 5.88 Å². The molecule has 1 aliphatic rings. The molecule has 94 valence electrons. The fourth-order valence-corrected chi connectivity index (χ4v) is 2.47. The van der Waals surface area contributed by atoms with Gasteiger partial charge in [0, 0.05) is 31.2 Å². The lowest BCUT2D eigenvalue weighted by molar-refractivity contribution is 0.360. The number of rotatable bonds is 2. The highest BCUT2D eigenvalue weighted by Gasteiger charge is 2.15. The molecular formula is C13H18ClFN2. The lowest BCUT2D eigenvalue weighted by atomic mass is 10.1. The van der Waals surface area contributed by atoms with Crippen LogP contribution in [0.2, 0.25) is 0 Å². The summed E-state index contributed by atoms with van der Waals surface area (Å²) in [5, 5.41) is 0. The van der Waals surface area contributed by atoms with E-state index in [0.717, 1.165) is 43.9 Å². The molecule has 0 saturated carbocycles. The molecule has 2 rings (SSSR count). The summed E-state index contributed by atoms with van der Waals surface area (Å²) in [7, 11) is 2.14. The second kappa shape index (κ2) is 5.69. The molecule has 0 atom stereocenters. The van der Waals surface area contributed by atoms with E-state index >= 15 is 0 Å². The predicted octanol–water partition coefficient (Wildman–Crippen LogP) is 2.71. The van der Waals surface area contributed by atoms with Gasteiger partial charge in [0.05, 0.1) is 0 Å². The minimum absolute atomic E-state index is 0.212. The molecule has 0 spiro atoms. The molecule has 1 aromatic rings. The van der Waals surface area contributed by atoms with E-state index in [9.17, 15) is 4.39 Å². The Balaban J connectivity index is 2.20. The molecule has 0 amide bonds. The van der Waals surface area contributed by atoms with E-state index in [-0.39, 0.29) is 5.82 Å². The number of hydrogen-bond acceptors (Lipinski definition) is 2. The highest BCUT2D eigenvalue weighted by atomic mass is 35.5. The quantitative estimate of drug-likeness (QED) is 0.751. The smallest absolute Gasteiger partial charge is 0.123 e. The largest absolute Gasteiger partial charge is 0.370 e. The number of likely N-dealkylation sites (N-methyl/N-ethyl adjacent to an activating group) is 1. The molecule has 1 heterocycles. The normalized spacial score (nSPS) is 18.2. The minimum Gasteiger partial charge on any atom is -0.370 e. The second-order valence-corrected chi connectivity index (χ2v) is 4.82. The van der Waals surface area contributed by atoms with Crippen molar-refractivity contribution in [3.63, 3.8) is 0 Å². The molecule has 0 aromatic heterocycles. The average molecular weight is 257 g/mol. The maximum atomic E-state index is 13.2. The van der Waals surface area contributed by atoms with E-state index in [1.54, 1.807) is 0 Å². The van der Waals surface area contributed by atoms with Crippen LogP contribution in [-0.2, 0) is 5.88 Å². The summed E-state index contributed by atoms with van der Waals surface area (Å²) in [5.74, 6) is 0.149. The van der Waals surface area contributed by atoms with E-state index in [1.807, 2.05) is 6.07 Å². The van der Waals surface area contributed by atoms with Crippen LogP contribution in [0.1, 0.15) is 12.0 Å². The molecular weight excluding hydrogens is 239 g/mol. The van der Waals surface area contributed by atoms with Gasteiger partial charge in [-0.25, -0.2) is 4.39 Å². The summed E-state index contributed by atoms with van der Waals surface area (Å²) < 4.78 is 13.2. The topological polar surface area (TPSA) is 6.48 Å². The molecule has 1 saturated heterocycles. The Bertz CT molecular complexity index is 384. The fourth-order valence-electron chi connectivity index (χ4n) is 2.26. The zero-order valence-corrected chi connectivity index (χ0v) is 10.9. The van der Waals surface area contributed by atoms with Gasteiger partial charge in [0.15, 0.2) is 0 Å². The van der Waals surface area contributed by atoms with Crippen molar-refractivity contribution < 1.29 is 4.39 Å². The monoisotopic (exact) mass is 256 g/mol. The van der Waals surface area contributed by atoms with Crippen molar-refractivity contribution in [1.82, 2.24) is 4.90 Å². The van der Waals surface area contributed by atoms with Crippen molar-refractivity contribution in [2.75, 3.05) is 38.1 Å². The molecule has 0 N–H and O–H groups in total. The third-order valence-corrected chi connectivity index (χ3v) is 3.53. The Hall–Kier alpha value is -0.800. The molecule has 17 heavy (non-hydrogen) atoms. The first kappa shape index (κ1) is 12.7. The summed E-state index contributed by atoms with van der Waals surface area (Å²) in [5.41, 5.74) is 1.97. The predicted molar refractivity (Wildman–Crippen MR) is 70.3 cm³/mol. The third-order valence-electron chi connectivity index (χ3n) is 3.25. The van der Waals surface area contributed by atoms with Crippen LogP contribution in [-0.4, -0.2) is 38.1 Å². The van der Waals surface area contributed by atoms with Crippen LogP contribution in [0.25, 0.3) is 0 Å². The van der Waals surface area contributed by atoms with Crippen molar-refractivity contribution >= 4 is 17.3 Å². The third kappa shape index (κ3) is 3.11. The van der Waals surface area contributed by atoms with E-state index in [4.69, 9.17) is 11.6 Å². The van der Waals surface area contributed by atoms with Gasteiger partial charge in [-0.2, -0.15) is 0 Å². The highest BCUT2D eigenvalue weighted by Crippen LogP contribution is 2.24. The average Bonchev–Trinajstić information content (AvgIpc) is 2.54. The van der Waals surface area contributed by atoms with Crippen LogP contribution in [0.4, 0.5) is 10.1 Å². The Kier molecular flexibility index (Phi) is 4.24. The summed E-state index contributed by atoms with van der Waals surface area (Å²) >= 11 is 5.89. The SMILES string of the molecule is CN1CCCN(c2ccc(F)cc2CCl)CC1. The molecule has 0 radical (unpaired) electrons. The molecule has 1 aromatic carbocycles. The Morgan fingerprint density at radius 1 is 1.24 bits per heavy atom. The van der Waals surface area contributed by atoms with Crippen molar-refractivity contribution in [2.24, 2.45) is 0 Å². The summed E-state index contributed by atoms with van der Waals surface area (Å²) in [6.07, 6.45) is 1.13.